The summed E-state index contributed by atoms with van der Waals surface area (Å²) in [5, 5.41) is 3.38. The number of ether oxygens (including phenoxy) is 1. The van der Waals surface area contributed by atoms with Crippen molar-refractivity contribution in [1.82, 2.24) is 14.4 Å². The molecule has 1 N–H and O–H groups in total. The zero-order valence-electron chi connectivity index (χ0n) is 14.0. The van der Waals surface area contributed by atoms with E-state index < -0.39 is 0 Å². The average molecular weight is 364 g/mol. The number of carbonyl (C=O) groups is 1. The maximum Gasteiger partial charge on any atom is 0.257 e. The number of aromatic nitrogens is 3. The topological polar surface area (TPSA) is 68.5 Å². The van der Waals surface area contributed by atoms with E-state index in [1.165, 1.54) is 11.3 Å². The fraction of sp³-hybridized carbons (Fsp3) is 0.105. The van der Waals surface area contributed by atoms with Gasteiger partial charge in [-0.15, -0.1) is 11.3 Å². The van der Waals surface area contributed by atoms with Gasteiger partial charge in [-0.1, -0.05) is 12.1 Å². The van der Waals surface area contributed by atoms with Crippen molar-refractivity contribution in [1.29, 1.82) is 0 Å². The van der Waals surface area contributed by atoms with E-state index in [4.69, 9.17) is 4.74 Å². The number of aryl methyl sites for hydroxylation is 1. The van der Waals surface area contributed by atoms with Gasteiger partial charge in [0.25, 0.3) is 5.91 Å². The Kier molecular flexibility index (Phi) is 4.37. The minimum Gasteiger partial charge on any atom is -0.487 e. The Balaban J connectivity index is 1.44. The summed E-state index contributed by atoms with van der Waals surface area (Å²) in [5.74, 6) is 0.405. The van der Waals surface area contributed by atoms with Gasteiger partial charge >= 0.3 is 0 Å². The Morgan fingerprint density at radius 2 is 2.19 bits per heavy atom. The molecular formula is C19H16N4O2S. The number of hydrogen-bond donors (Lipinski definition) is 1. The third kappa shape index (κ3) is 3.57. The second-order valence-corrected chi connectivity index (χ2v) is 6.98. The van der Waals surface area contributed by atoms with Gasteiger partial charge in [0.05, 0.1) is 5.69 Å². The summed E-state index contributed by atoms with van der Waals surface area (Å²) in [6, 6.07) is 12.9. The highest BCUT2D eigenvalue weighted by Gasteiger charge is 2.10. The first-order valence-corrected chi connectivity index (χ1v) is 8.88. The highest BCUT2D eigenvalue weighted by molar-refractivity contribution is 7.15. The number of carbonyl (C=O) groups excluding carboxylic acids is 1. The molecule has 0 atom stereocenters. The van der Waals surface area contributed by atoms with Crippen LogP contribution in [0.15, 0.2) is 61.1 Å². The van der Waals surface area contributed by atoms with Gasteiger partial charge in [-0.05, 0) is 37.3 Å². The molecule has 6 nitrogen and oxygen atoms in total. The molecule has 0 aliphatic heterocycles. The average Bonchev–Trinajstić information content (AvgIpc) is 3.25. The molecule has 4 aromatic rings. The fourth-order valence-electron chi connectivity index (χ4n) is 2.52. The number of thiazole rings is 1. The molecule has 1 amide bonds. The molecule has 0 unspecified atom stereocenters. The lowest BCUT2D eigenvalue weighted by Crippen LogP contribution is -2.11. The smallest absolute Gasteiger partial charge is 0.257 e. The number of pyridine rings is 1. The van der Waals surface area contributed by atoms with Gasteiger partial charge in [-0.25, -0.2) is 9.97 Å². The van der Waals surface area contributed by atoms with Crippen LogP contribution >= 0.6 is 11.3 Å². The van der Waals surface area contributed by atoms with Gasteiger partial charge in [0.1, 0.15) is 18.0 Å². The molecule has 4 rings (SSSR count). The van der Waals surface area contributed by atoms with Gasteiger partial charge in [-0.2, -0.15) is 0 Å². The van der Waals surface area contributed by atoms with E-state index in [-0.39, 0.29) is 5.91 Å². The van der Waals surface area contributed by atoms with E-state index in [0.29, 0.717) is 23.1 Å². The van der Waals surface area contributed by atoms with Crippen molar-refractivity contribution in [3.63, 3.8) is 0 Å². The molecule has 7 heteroatoms. The zero-order valence-corrected chi connectivity index (χ0v) is 14.9. The highest BCUT2D eigenvalue weighted by Crippen LogP contribution is 2.20. The number of fused-ring (bicyclic) bond motifs is 1. The highest BCUT2D eigenvalue weighted by atomic mass is 32.1. The lowest BCUT2D eigenvalue weighted by atomic mass is 10.2. The van der Waals surface area contributed by atoms with Crippen molar-refractivity contribution in [3.8, 4) is 5.75 Å². The summed E-state index contributed by atoms with van der Waals surface area (Å²) in [4.78, 5) is 22.0. The largest absolute Gasteiger partial charge is 0.487 e. The minimum atomic E-state index is -0.211. The standard InChI is InChI=1S/C19H16N4O2S/c1-13-10-20-19(26-13)22-18(24)14-5-4-6-16(9-14)25-12-15-11-23-8-3-2-7-17(23)21-15/h2-11H,12H2,1H3,(H,20,22,24). The van der Waals surface area contributed by atoms with Crippen molar-refractivity contribution >= 4 is 28.0 Å². The summed E-state index contributed by atoms with van der Waals surface area (Å²) in [6.45, 7) is 2.28. The van der Waals surface area contributed by atoms with E-state index in [1.807, 2.05) is 48.0 Å². The number of rotatable bonds is 5. The van der Waals surface area contributed by atoms with Crippen LogP contribution in [0.25, 0.3) is 5.65 Å². The van der Waals surface area contributed by atoms with Crippen molar-refractivity contribution in [2.75, 3.05) is 5.32 Å². The van der Waals surface area contributed by atoms with E-state index in [0.717, 1.165) is 16.2 Å². The molecule has 0 spiro atoms. The molecule has 0 aliphatic rings. The second-order valence-electron chi connectivity index (χ2n) is 5.75. The molecule has 0 radical (unpaired) electrons. The quantitative estimate of drug-likeness (QED) is 0.583. The number of nitrogens with zero attached hydrogens (tertiary/aromatic N) is 3. The second kappa shape index (κ2) is 6.97. The van der Waals surface area contributed by atoms with Gasteiger partial charge in [0, 0.05) is 29.0 Å². The predicted octanol–water partition coefficient (Wildman–Crippen LogP) is 3.93. The van der Waals surface area contributed by atoms with Gasteiger partial charge in [0.2, 0.25) is 0 Å². The molecule has 0 bridgehead atoms. The summed E-state index contributed by atoms with van der Waals surface area (Å²) in [6.07, 6.45) is 5.60. The minimum absolute atomic E-state index is 0.211. The van der Waals surface area contributed by atoms with E-state index in [2.05, 4.69) is 15.3 Å². The van der Waals surface area contributed by atoms with Crippen molar-refractivity contribution in [2.24, 2.45) is 0 Å². The zero-order chi connectivity index (χ0) is 17.9. The summed E-state index contributed by atoms with van der Waals surface area (Å²) in [7, 11) is 0. The summed E-state index contributed by atoms with van der Waals surface area (Å²) >= 11 is 1.44. The molecule has 3 aromatic heterocycles. The number of amides is 1. The van der Waals surface area contributed by atoms with Crippen LogP contribution in [0.1, 0.15) is 20.9 Å². The Labute approximate surface area is 154 Å². The first-order valence-electron chi connectivity index (χ1n) is 8.07. The molecule has 3 heterocycles. The molecule has 0 saturated carbocycles. The van der Waals surface area contributed by atoms with Gasteiger partial charge < -0.3 is 9.14 Å². The Bertz CT molecular complexity index is 1040. The first kappa shape index (κ1) is 16.3. The van der Waals surface area contributed by atoms with Gasteiger partial charge in [-0.3, -0.25) is 10.1 Å². The van der Waals surface area contributed by atoms with Gasteiger partial charge in [0.15, 0.2) is 5.13 Å². The van der Waals surface area contributed by atoms with Crippen LogP contribution in [-0.2, 0) is 6.61 Å². The van der Waals surface area contributed by atoms with Crippen LogP contribution in [0.2, 0.25) is 0 Å². The lowest BCUT2D eigenvalue weighted by Gasteiger charge is -2.06. The molecule has 0 aliphatic carbocycles. The lowest BCUT2D eigenvalue weighted by molar-refractivity contribution is 0.102. The third-order valence-electron chi connectivity index (χ3n) is 3.74. The number of imidazole rings is 1. The van der Waals surface area contributed by atoms with Crippen LogP contribution in [0.4, 0.5) is 5.13 Å². The summed E-state index contributed by atoms with van der Waals surface area (Å²) in [5.41, 5.74) is 2.22. The van der Waals surface area contributed by atoms with Crippen LogP contribution in [0.5, 0.6) is 5.75 Å². The van der Waals surface area contributed by atoms with Crippen LogP contribution in [0, 0.1) is 6.92 Å². The van der Waals surface area contributed by atoms with Crippen molar-refractivity contribution in [2.45, 2.75) is 13.5 Å². The third-order valence-corrected chi connectivity index (χ3v) is 4.57. The molecule has 130 valence electrons. The fourth-order valence-corrected chi connectivity index (χ4v) is 3.18. The van der Waals surface area contributed by atoms with Crippen LogP contribution in [0.3, 0.4) is 0 Å². The monoisotopic (exact) mass is 364 g/mol. The summed E-state index contributed by atoms with van der Waals surface area (Å²) < 4.78 is 7.74. The molecule has 0 saturated heterocycles. The Hall–Kier alpha value is -3.19. The number of hydrogen-bond acceptors (Lipinski definition) is 5. The Morgan fingerprint density at radius 1 is 1.27 bits per heavy atom. The van der Waals surface area contributed by atoms with E-state index in [9.17, 15) is 4.79 Å². The Morgan fingerprint density at radius 3 is 3.00 bits per heavy atom. The van der Waals surface area contributed by atoms with Crippen LogP contribution in [-0.4, -0.2) is 20.3 Å². The molecule has 26 heavy (non-hydrogen) atoms. The normalized spacial score (nSPS) is 10.8. The molecule has 1 aromatic carbocycles. The van der Waals surface area contributed by atoms with Crippen molar-refractivity contribution in [3.05, 3.63) is 77.2 Å². The van der Waals surface area contributed by atoms with E-state index in [1.54, 1.807) is 24.4 Å². The molecule has 0 fully saturated rings. The number of benzene rings is 1. The predicted molar refractivity (Wildman–Crippen MR) is 101 cm³/mol. The van der Waals surface area contributed by atoms with E-state index >= 15 is 0 Å². The van der Waals surface area contributed by atoms with Crippen molar-refractivity contribution < 1.29 is 9.53 Å². The van der Waals surface area contributed by atoms with Crippen LogP contribution < -0.4 is 10.1 Å². The SMILES string of the molecule is Cc1cnc(NC(=O)c2cccc(OCc3cn4ccccc4n3)c2)s1. The maximum absolute atomic E-state index is 12.4. The number of nitrogens with one attached hydrogen (secondary N) is 1. The molecular weight excluding hydrogens is 348 g/mol. The maximum atomic E-state index is 12.4. The first-order chi connectivity index (χ1) is 12.7. The number of anilines is 1.